The normalized spacial score (nSPS) is 12.4. The molecule has 0 aliphatic carbocycles. The fourth-order valence-corrected chi connectivity index (χ4v) is 3.10. The third-order valence-corrected chi connectivity index (χ3v) is 4.43. The zero-order chi connectivity index (χ0) is 18.7. The third-order valence-electron chi connectivity index (χ3n) is 3.67. The molecule has 0 radical (unpaired) electrons. The van der Waals surface area contributed by atoms with Gasteiger partial charge in [-0.15, -0.1) is 11.8 Å². The number of hydrogen-bond acceptors (Lipinski definition) is 4. The average Bonchev–Trinajstić information content (AvgIpc) is 2.62. The summed E-state index contributed by atoms with van der Waals surface area (Å²) in [7, 11) is 0. The van der Waals surface area contributed by atoms with Gasteiger partial charge >= 0.3 is 5.97 Å². The lowest BCUT2D eigenvalue weighted by Crippen LogP contribution is -2.15. The largest absolute Gasteiger partial charge is 0.462 e. The van der Waals surface area contributed by atoms with E-state index in [0.717, 1.165) is 41.1 Å². The first-order valence-corrected chi connectivity index (χ1v) is 9.89. The molecule has 25 heavy (non-hydrogen) atoms. The zero-order valence-electron chi connectivity index (χ0n) is 15.7. The molecule has 0 saturated carbocycles. The van der Waals surface area contributed by atoms with Crippen molar-refractivity contribution in [3.05, 3.63) is 64.7 Å². The summed E-state index contributed by atoms with van der Waals surface area (Å²) < 4.78 is 5.05. The number of thioether (sulfide) groups is 1. The Morgan fingerprint density at radius 2 is 1.96 bits per heavy atom. The van der Waals surface area contributed by atoms with E-state index in [4.69, 9.17) is 4.74 Å². The monoisotopic (exact) mass is 359 g/mol. The molecule has 0 fully saturated rings. The van der Waals surface area contributed by atoms with Crippen LogP contribution in [0.2, 0.25) is 0 Å². The van der Waals surface area contributed by atoms with Gasteiger partial charge in [0.05, 0.1) is 12.2 Å². The second kappa shape index (κ2) is 11.6. The summed E-state index contributed by atoms with van der Waals surface area (Å²) in [5.74, 6) is -0.377. The van der Waals surface area contributed by atoms with Crippen LogP contribution < -0.4 is 5.32 Å². The highest BCUT2D eigenvalue weighted by atomic mass is 32.2. The highest BCUT2D eigenvalue weighted by Gasteiger charge is 2.14. The van der Waals surface area contributed by atoms with Crippen LogP contribution in [-0.4, -0.2) is 25.4 Å². The quantitative estimate of drug-likeness (QED) is 0.271. The van der Waals surface area contributed by atoms with E-state index in [1.54, 1.807) is 18.7 Å². The van der Waals surface area contributed by atoms with E-state index in [1.807, 2.05) is 30.5 Å². The van der Waals surface area contributed by atoms with Crippen LogP contribution in [0.5, 0.6) is 0 Å². The van der Waals surface area contributed by atoms with Gasteiger partial charge in [0, 0.05) is 22.7 Å². The van der Waals surface area contributed by atoms with Crippen molar-refractivity contribution in [3.8, 4) is 0 Å². The van der Waals surface area contributed by atoms with Gasteiger partial charge in [-0.05, 0) is 38.2 Å². The Morgan fingerprint density at radius 1 is 1.28 bits per heavy atom. The number of ether oxygens (including phenoxy) is 1. The summed E-state index contributed by atoms with van der Waals surface area (Å²) in [5.41, 5.74) is 3.66. The number of hydrogen-bond donors (Lipinski definition) is 1. The van der Waals surface area contributed by atoms with Crippen molar-refractivity contribution in [2.45, 2.75) is 33.6 Å². The van der Waals surface area contributed by atoms with Crippen molar-refractivity contribution in [1.82, 2.24) is 5.32 Å². The maximum Gasteiger partial charge on any atom is 0.337 e. The molecule has 0 unspecified atom stereocenters. The maximum atomic E-state index is 11.9. The number of unbranched alkanes of at least 4 members (excludes halogenated alkanes) is 1. The maximum absolute atomic E-state index is 11.9. The van der Waals surface area contributed by atoms with E-state index >= 15 is 0 Å². The van der Waals surface area contributed by atoms with Crippen molar-refractivity contribution in [2.75, 3.05) is 19.4 Å². The van der Waals surface area contributed by atoms with E-state index in [9.17, 15) is 4.79 Å². The van der Waals surface area contributed by atoms with Crippen LogP contribution in [0, 0.1) is 0 Å². The molecule has 1 aromatic rings. The van der Waals surface area contributed by atoms with Gasteiger partial charge < -0.3 is 10.1 Å². The summed E-state index contributed by atoms with van der Waals surface area (Å²) in [4.78, 5) is 12.9. The van der Waals surface area contributed by atoms with Gasteiger partial charge in [0.25, 0.3) is 0 Å². The lowest BCUT2D eigenvalue weighted by atomic mass is 10.0. The molecule has 4 heteroatoms. The van der Waals surface area contributed by atoms with E-state index < -0.39 is 0 Å². The average molecular weight is 360 g/mol. The Hall–Kier alpha value is -1.94. The summed E-state index contributed by atoms with van der Waals surface area (Å²) >= 11 is 1.60. The minimum atomic E-state index is -0.377. The fourth-order valence-electron chi connectivity index (χ4n) is 2.36. The first kappa shape index (κ1) is 21.1. The highest BCUT2D eigenvalue weighted by molar-refractivity contribution is 8.03. The SMILES string of the molecule is C=C(/C=C(SC)\C(=C(/C)NCCCC)c1ccccc1)C(=O)OCC. The van der Waals surface area contributed by atoms with Crippen LogP contribution in [0.4, 0.5) is 0 Å². The highest BCUT2D eigenvalue weighted by Crippen LogP contribution is 2.33. The number of rotatable bonds is 10. The van der Waals surface area contributed by atoms with Gasteiger partial charge in [0.2, 0.25) is 0 Å². The van der Waals surface area contributed by atoms with E-state index in [0.29, 0.717) is 12.2 Å². The molecular weight excluding hydrogens is 330 g/mol. The number of esters is 1. The minimum absolute atomic E-state index is 0.347. The molecule has 0 aromatic heterocycles. The second-order valence-electron chi connectivity index (χ2n) is 5.60. The van der Waals surface area contributed by atoms with Crippen molar-refractivity contribution in [3.63, 3.8) is 0 Å². The molecular formula is C21H29NO2S. The molecule has 0 bridgehead atoms. The Bertz CT molecular complexity index is 633. The van der Waals surface area contributed by atoms with Crippen LogP contribution in [0.1, 0.15) is 39.2 Å². The Balaban J connectivity index is 3.26. The van der Waals surface area contributed by atoms with Crippen molar-refractivity contribution in [1.29, 1.82) is 0 Å². The molecule has 0 amide bonds. The van der Waals surface area contributed by atoms with E-state index in [2.05, 4.69) is 37.9 Å². The molecule has 0 heterocycles. The molecule has 1 rings (SSSR count). The number of carbonyl (C=O) groups is 1. The van der Waals surface area contributed by atoms with Crippen molar-refractivity contribution in [2.24, 2.45) is 0 Å². The fraction of sp³-hybridized carbons (Fsp3) is 0.381. The Kier molecular flexibility index (Phi) is 9.78. The van der Waals surface area contributed by atoms with Crippen LogP contribution in [0.15, 0.2) is 59.2 Å². The summed E-state index contributed by atoms with van der Waals surface area (Å²) in [5, 5.41) is 3.50. The predicted molar refractivity (Wildman–Crippen MR) is 109 cm³/mol. The molecule has 0 aliphatic rings. The van der Waals surface area contributed by atoms with Gasteiger partial charge in [-0.25, -0.2) is 4.79 Å². The molecule has 136 valence electrons. The lowest BCUT2D eigenvalue weighted by Gasteiger charge is -2.17. The van der Waals surface area contributed by atoms with Gasteiger partial charge in [-0.2, -0.15) is 0 Å². The summed E-state index contributed by atoms with van der Waals surface area (Å²) in [6.07, 6.45) is 6.08. The van der Waals surface area contributed by atoms with Crippen molar-refractivity contribution < 1.29 is 9.53 Å². The van der Waals surface area contributed by atoms with Gasteiger partial charge in [0.15, 0.2) is 0 Å². The molecule has 0 aliphatic heterocycles. The van der Waals surface area contributed by atoms with Crippen LogP contribution in [0.25, 0.3) is 5.57 Å². The molecule has 3 nitrogen and oxygen atoms in total. The smallest absolute Gasteiger partial charge is 0.337 e. The topological polar surface area (TPSA) is 38.3 Å². The number of nitrogens with one attached hydrogen (secondary N) is 1. The van der Waals surface area contributed by atoms with Gasteiger partial charge in [-0.3, -0.25) is 0 Å². The number of benzene rings is 1. The minimum Gasteiger partial charge on any atom is -0.462 e. The third kappa shape index (κ3) is 6.83. The number of allylic oxidation sites excluding steroid dienone is 2. The molecule has 0 atom stereocenters. The molecule has 0 saturated heterocycles. The molecule has 1 N–H and O–H groups in total. The number of carbonyl (C=O) groups excluding carboxylic acids is 1. The van der Waals surface area contributed by atoms with E-state index in [1.165, 1.54) is 0 Å². The van der Waals surface area contributed by atoms with E-state index in [-0.39, 0.29) is 5.97 Å². The van der Waals surface area contributed by atoms with Crippen LogP contribution >= 0.6 is 11.8 Å². The van der Waals surface area contributed by atoms with Gasteiger partial charge in [-0.1, -0.05) is 50.3 Å². The first-order chi connectivity index (χ1) is 12.0. The first-order valence-electron chi connectivity index (χ1n) is 8.67. The summed E-state index contributed by atoms with van der Waals surface area (Å²) in [6, 6.07) is 10.2. The Labute approximate surface area is 156 Å². The standard InChI is InChI=1S/C21H29NO2S/c1-6-8-14-22-17(4)20(18-12-10-9-11-13-18)19(25-5)15-16(3)21(23)24-7-2/h9-13,15,22H,3,6-8,14H2,1-2,4-5H3/b19-15+,20-17+. The molecule has 0 spiro atoms. The predicted octanol–water partition coefficient (Wildman–Crippen LogP) is 5.17. The Morgan fingerprint density at radius 3 is 2.52 bits per heavy atom. The van der Waals surface area contributed by atoms with Gasteiger partial charge in [0.1, 0.15) is 0 Å². The molecule has 1 aromatic carbocycles. The summed E-state index contributed by atoms with van der Waals surface area (Å²) in [6.45, 7) is 11.2. The second-order valence-corrected chi connectivity index (χ2v) is 6.45. The zero-order valence-corrected chi connectivity index (χ0v) is 16.5. The lowest BCUT2D eigenvalue weighted by molar-refractivity contribution is -0.138. The van der Waals surface area contributed by atoms with Crippen molar-refractivity contribution >= 4 is 23.3 Å². The van der Waals surface area contributed by atoms with Crippen LogP contribution in [0.3, 0.4) is 0 Å². The van der Waals surface area contributed by atoms with Crippen LogP contribution in [-0.2, 0) is 9.53 Å².